The van der Waals surface area contributed by atoms with Crippen LogP contribution in [0.5, 0.6) is 5.75 Å². The number of amides is 2. The largest absolute Gasteiger partial charge is 0.497 e. The van der Waals surface area contributed by atoms with E-state index in [0.717, 1.165) is 5.56 Å². The topological polar surface area (TPSA) is 79.5 Å². The van der Waals surface area contributed by atoms with Crippen molar-refractivity contribution in [1.82, 2.24) is 5.32 Å². The molecule has 2 amide bonds. The SMILES string of the molecule is C=CCNc1ccccc1C(=O)N[C@@H]1C(=O)Nc2cc(OC)ccc21. The van der Waals surface area contributed by atoms with Gasteiger partial charge in [-0.2, -0.15) is 0 Å². The minimum Gasteiger partial charge on any atom is -0.497 e. The summed E-state index contributed by atoms with van der Waals surface area (Å²) in [6.45, 7) is 4.19. The smallest absolute Gasteiger partial charge is 0.254 e. The molecule has 3 N–H and O–H groups in total. The number of hydrogen-bond acceptors (Lipinski definition) is 4. The van der Waals surface area contributed by atoms with Gasteiger partial charge in [-0.1, -0.05) is 24.3 Å². The van der Waals surface area contributed by atoms with E-state index in [4.69, 9.17) is 4.74 Å². The summed E-state index contributed by atoms with van der Waals surface area (Å²) in [6.07, 6.45) is 1.71. The fraction of sp³-hybridized carbons (Fsp3) is 0.158. The molecule has 6 heteroatoms. The summed E-state index contributed by atoms with van der Waals surface area (Å²) in [7, 11) is 1.56. The number of para-hydroxylation sites is 1. The normalized spacial score (nSPS) is 15.1. The number of ether oxygens (including phenoxy) is 1. The van der Waals surface area contributed by atoms with Crippen molar-refractivity contribution >= 4 is 23.2 Å². The number of anilines is 2. The molecule has 2 aromatic rings. The molecule has 2 aromatic carbocycles. The molecule has 1 aliphatic rings. The number of hydrogen-bond donors (Lipinski definition) is 3. The third kappa shape index (κ3) is 3.33. The van der Waals surface area contributed by atoms with Crippen LogP contribution in [-0.2, 0) is 4.79 Å². The molecular formula is C19H19N3O3. The molecule has 0 spiro atoms. The van der Waals surface area contributed by atoms with Crippen molar-refractivity contribution in [3.8, 4) is 5.75 Å². The van der Waals surface area contributed by atoms with Gasteiger partial charge in [-0.05, 0) is 18.2 Å². The van der Waals surface area contributed by atoms with E-state index in [9.17, 15) is 9.59 Å². The van der Waals surface area contributed by atoms with Crippen molar-refractivity contribution < 1.29 is 14.3 Å². The lowest BCUT2D eigenvalue weighted by molar-refractivity contribution is -0.117. The van der Waals surface area contributed by atoms with Gasteiger partial charge in [-0.25, -0.2) is 0 Å². The van der Waals surface area contributed by atoms with Gasteiger partial charge in [-0.15, -0.1) is 6.58 Å². The van der Waals surface area contributed by atoms with Crippen molar-refractivity contribution in [3.63, 3.8) is 0 Å². The van der Waals surface area contributed by atoms with Gasteiger partial charge in [0.1, 0.15) is 11.8 Å². The van der Waals surface area contributed by atoms with E-state index in [1.807, 2.05) is 12.1 Å². The molecule has 0 bridgehead atoms. The van der Waals surface area contributed by atoms with Crippen LogP contribution in [0.25, 0.3) is 0 Å². The molecule has 0 fully saturated rings. The van der Waals surface area contributed by atoms with Crippen LogP contribution in [0.1, 0.15) is 22.0 Å². The van der Waals surface area contributed by atoms with Gasteiger partial charge in [-0.3, -0.25) is 9.59 Å². The molecule has 6 nitrogen and oxygen atoms in total. The quantitative estimate of drug-likeness (QED) is 0.708. The van der Waals surface area contributed by atoms with E-state index in [-0.39, 0.29) is 11.8 Å². The maximum Gasteiger partial charge on any atom is 0.254 e. The Hall–Kier alpha value is -3.28. The van der Waals surface area contributed by atoms with Crippen LogP contribution in [-0.4, -0.2) is 25.5 Å². The third-order valence-corrected chi connectivity index (χ3v) is 3.98. The fourth-order valence-electron chi connectivity index (χ4n) is 2.74. The van der Waals surface area contributed by atoms with E-state index in [1.54, 1.807) is 43.5 Å². The number of methoxy groups -OCH3 is 1. The lowest BCUT2D eigenvalue weighted by Gasteiger charge is -2.14. The second-order valence-electron chi connectivity index (χ2n) is 5.56. The predicted molar refractivity (Wildman–Crippen MR) is 97.0 cm³/mol. The van der Waals surface area contributed by atoms with E-state index in [2.05, 4.69) is 22.5 Å². The van der Waals surface area contributed by atoms with Crippen molar-refractivity contribution in [3.05, 3.63) is 66.2 Å². The van der Waals surface area contributed by atoms with Crippen molar-refractivity contribution in [1.29, 1.82) is 0 Å². The fourth-order valence-corrected chi connectivity index (χ4v) is 2.74. The number of benzene rings is 2. The lowest BCUT2D eigenvalue weighted by Crippen LogP contribution is -2.33. The Morgan fingerprint density at radius 3 is 2.88 bits per heavy atom. The molecule has 3 rings (SSSR count). The van der Waals surface area contributed by atoms with Crippen LogP contribution in [0.2, 0.25) is 0 Å². The van der Waals surface area contributed by atoms with E-state index >= 15 is 0 Å². The highest BCUT2D eigenvalue weighted by atomic mass is 16.5. The van der Waals surface area contributed by atoms with Crippen molar-refractivity contribution in [2.45, 2.75) is 6.04 Å². The number of carbonyl (C=O) groups excluding carboxylic acids is 2. The monoisotopic (exact) mass is 337 g/mol. The molecule has 0 radical (unpaired) electrons. The van der Waals surface area contributed by atoms with E-state index in [1.165, 1.54) is 0 Å². The molecule has 0 unspecified atom stereocenters. The number of rotatable bonds is 6. The summed E-state index contributed by atoms with van der Waals surface area (Å²) in [5.74, 6) is 0.0501. The second-order valence-corrected chi connectivity index (χ2v) is 5.56. The summed E-state index contributed by atoms with van der Waals surface area (Å²) in [5.41, 5.74) is 2.52. The van der Waals surface area contributed by atoms with Crippen molar-refractivity contribution in [2.24, 2.45) is 0 Å². The Balaban J connectivity index is 1.83. The van der Waals surface area contributed by atoms with Gasteiger partial charge in [0.2, 0.25) is 0 Å². The highest BCUT2D eigenvalue weighted by Crippen LogP contribution is 2.34. The molecule has 0 saturated heterocycles. The Labute approximate surface area is 145 Å². The molecule has 25 heavy (non-hydrogen) atoms. The first kappa shape index (κ1) is 16.6. The summed E-state index contributed by atoms with van der Waals surface area (Å²) >= 11 is 0. The number of fused-ring (bicyclic) bond motifs is 1. The zero-order valence-corrected chi connectivity index (χ0v) is 13.8. The van der Waals surface area contributed by atoms with Crippen molar-refractivity contribution in [2.75, 3.05) is 24.3 Å². The zero-order chi connectivity index (χ0) is 17.8. The minimum atomic E-state index is -0.735. The number of carbonyl (C=O) groups is 2. The first-order valence-corrected chi connectivity index (χ1v) is 7.87. The Bertz CT molecular complexity index is 832. The molecule has 0 saturated carbocycles. The molecule has 1 aliphatic heterocycles. The number of nitrogens with one attached hydrogen (secondary N) is 3. The Kier molecular flexibility index (Phi) is 4.70. The Morgan fingerprint density at radius 1 is 1.32 bits per heavy atom. The average Bonchev–Trinajstić information content (AvgIpc) is 2.94. The van der Waals surface area contributed by atoms with Crippen LogP contribution < -0.4 is 20.7 Å². The molecule has 1 heterocycles. The molecule has 0 aromatic heterocycles. The summed E-state index contributed by atoms with van der Waals surface area (Å²) in [5, 5.41) is 8.68. The van der Waals surface area contributed by atoms with Crippen LogP contribution in [0.15, 0.2) is 55.1 Å². The van der Waals surface area contributed by atoms with Crippen LogP contribution in [0.3, 0.4) is 0 Å². The minimum absolute atomic E-state index is 0.270. The summed E-state index contributed by atoms with van der Waals surface area (Å²) in [4.78, 5) is 24.9. The van der Waals surface area contributed by atoms with Gasteiger partial charge in [0.05, 0.1) is 18.4 Å². The highest BCUT2D eigenvalue weighted by Gasteiger charge is 2.32. The zero-order valence-electron chi connectivity index (χ0n) is 13.8. The average molecular weight is 337 g/mol. The first-order valence-electron chi connectivity index (χ1n) is 7.87. The molecular weight excluding hydrogens is 318 g/mol. The highest BCUT2D eigenvalue weighted by molar-refractivity contribution is 6.07. The molecule has 0 aliphatic carbocycles. The second kappa shape index (κ2) is 7.09. The predicted octanol–water partition coefficient (Wildman–Crippen LogP) is 2.72. The standard InChI is InChI=1S/C19H19N3O3/c1-3-10-20-15-7-5-4-6-14(15)18(23)22-17-13-9-8-12(25-2)11-16(13)21-19(17)24/h3-9,11,17,20H,1,10H2,2H3,(H,21,24)(H,22,23)/t17-/m0/s1. The van der Waals surface area contributed by atoms with Gasteiger partial charge in [0.15, 0.2) is 0 Å². The van der Waals surface area contributed by atoms with Crippen LogP contribution in [0, 0.1) is 0 Å². The Morgan fingerprint density at radius 2 is 2.12 bits per heavy atom. The van der Waals surface area contributed by atoms with E-state index < -0.39 is 6.04 Å². The van der Waals surface area contributed by atoms with Gasteiger partial charge < -0.3 is 20.7 Å². The third-order valence-electron chi connectivity index (χ3n) is 3.98. The van der Waals surface area contributed by atoms with Gasteiger partial charge >= 0.3 is 0 Å². The first-order chi connectivity index (χ1) is 12.1. The van der Waals surface area contributed by atoms with Crippen LogP contribution >= 0.6 is 0 Å². The summed E-state index contributed by atoms with van der Waals surface area (Å²) in [6, 6.07) is 11.7. The molecule has 128 valence electrons. The van der Waals surface area contributed by atoms with Gasteiger partial charge in [0.25, 0.3) is 11.8 Å². The van der Waals surface area contributed by atoms with Crippen LogP contribution in [0.4, 0.5) is 11.4 Å². The summed E-state index contributed by atoms with van der Waals surface area (Å²) < 4.78 is 5.16. The lowest BCUT2D eigenvalue weighted by atomic mass is 10.1. The maximum absolute atomic E-state index is 12.7. The van der Waals surface area contributed by atoms with E-state index in [0.29, 0.717) is 29.2 Å². The maximum atomic E-state index is 12.7. The molecule has 1 atom stereocenters. The van der Waals surface area contributed by atoms with Gasteiger partial charge in [0, 0.05) is 23.9 Å².